The standard InChI is InChI=1S/C13H29NO2/c1-12(2)11-14-7-5-6-8-15-9-10-16-13(3)4/h12-14H,5-11H2,1-4H3. The van der Waals surface area contributed by atoms with Crippen LogP contribution in [0, 0.1) is 5.92 Å². The molecule has 0 atom stereocenters. The molecule has 0 spiro atoms. The molecule has 0 saturated heterocycles. The zero-order valence-electron chi connectivity index (χ0n) is 11.4. The lowest BCUT2D eigenvalue weighted by Crippen LogP contribution is -2.21. The largest absolute Gasteiger partial charge is 0.379 e. The van der Waals surface area contributed by atoms with E-state index in [4.69, 9.17) is 9.47 Å². The van der Waals surface area contributed by atoms with Gasteiger partial charge in [0.15, 0.2) is 0 Å². The van der Waals surface area contributed by atoms with Crippen LogP contribution >= 0.6 is 0 Å². The van der Waals surface area contributed by atoms with E-state index in [9.17, 15) is 0 Å². The van der Waals surface area contributed by atoms with Crippen LogP contribution in [0.2, 0.25) is 0 Å². The predicted molar refractivity (Wildman–Crippen MR) is 68.8 cm³/mol. The van der Waals surface area contributed by atoms with Gasteiger partial charge in [-0.05, 0) is 45.7 Å². The molecule has 3 nitrogen and oxygen atoms in total. The highest BCUT2D eigenvalue weighted by Crippen LogP contribution is 1.92. The highest BCUT2D eigenvalue weighted by atomic mass is 16.5. The molecule has 0 aliphatic carbocycles. The normalized spacial score (nSPS) is 11.6. The lowest BCUT2D eigenvalue weighted by molar-refractivity contribution is 0.0187. The molecule has 0 aliphatic heterocycles. The van der Waals surface area contributed by atoms with Gasteiger partial charge in [0, 0.05) is 6.61 Å². The predicted octanol–water partition coefficient (Wildman–Crippen LogP) is 2.45. The number of rotatable bonds is 11. The Hall–Kier alpha value is -0.120. The van der Waals surface area contributed by atoms with Crippen molar-refractivity contribution >= 4 is 0 Å². The van der Waals surface area contributed by atoms with Crippen LogP contribution < -0.4 is 5.32 Å². The van der Waals surface area contributed by atoms with Gasteiger partial charge in [0.05, 0.1) is 19.3 Å². The minimum absolute atomic E-state index is 0.309. The van der Waals surface area contributed by atoms with Gasteiger partial charge in [0.25, 0.3) is 0 Å². The lowest BCUT2D eigenvalue weighted by Gasteiger charge is -2.09. The average Bonchev–Trinajstić information content (AvgIpc) is 2.20. The topological polar surface area (TPSA) is 30.5 Å². The first kappa shape index (κ1) is 15.9. The van der Waals surface area contributed by atoms with Gasteiger partial charge >= 0.3 is 0 Å². The second-order valence-corrected chi connectivity index (χ2v) is 4.84. The Labute approximate surface area is 101 Å². The van der Waals surface area contributed by atoms with Crippen LogP contribution in [0.4, 0.5) is 0 Å². The van der Waals surface area contributed by atoms with E-state index in [2.05, 4.69) is 19.2 Å². The Morgan fingerprint density at radius 2 is 1.69 bits per heavy atom. The minimum atomic E-state index is 0.309. The van der Waals surface area contributed by atoms with E-state index < -0.39 is 0 Å². The van der Waals surface area contributed by atoms with E-state index in [1.54, 1.807) is 0 Å². The molecule has 16 heavy (non-hydrogen) atoms. The fourth-order valence-electron chi connectivity index (χ4n) is 1.29. The molecule has 0 unspecified atom stereocenters. The molecule has 0 aromatic carbocycles. The van der Waals surface area contributed by atoms with Gasteiger partial charge in [0.1, 0.15) is 0 Å². The molecule has 3 heteroatoms. The third-order valence-electron chi connectivity index (χ3n) is 2.12. The van der Waals surface area contributed by atoms with Crippen LogP contribution in [0.15, 0.2) is 0 Å². The van der Waals surface area contributed by atoms with Crippen molar-refractivity contribution in [3.8, 4) is 0 Å². The minimum Gasteiger partial charge on any atom is -0.379 e. The second-order valence-electron chi connectivity index (χ2n) is 4.84. The Kier molecular flexibility index (Phi) is 11.3. The van der Waals surface area contributed by atoms with Crippen LogP contribution in [0.3, 0.4) is 0 Å². The maximum atomic E-state index is 5.46. The Morgan fingerprint density at radius 3 is 2.31 bits per heavy atom. The molecule has 1 N–H and O–H groups in total. The van der Waals surface area contributed by atoms with E-state index in [0.717, 1.165) is 38.6 Å². The molecule has 0 aromatic rings. The van der Waals surface area contributed by atoms with Gasteiger partial charge in [-0.2, -0.15) is 0 Å². The SMILES string of the molecule is CC(C)CNCCCCOCCOC(C)C. The van der Waals surface area contributed by atoms with Crippen LogP contribution in [0.5, 0.6) is 0 Å². The van der Waals surface area contributed by atoms with Crippen molar-refractivity contribution in [3.05, 3.63) is 0 Å². The van der Waals surface area contributed by atoms with Crippen molar-refractivity contribution < 1.29 is 9.47 Å². The summed E-state index contributed by atoms with van der Waals surface area (Å²) in [7, 11) is 0. The van der Waals surface area contributed by atoms with Gasteiger partial charge in [-0.1, -0.05) is 13.8 Å². The van der Waals surface area contributed by atoms with Gasteiger partial charge in [-0.3, -0.25) is 0 Å². The highest BCUT2D eigenvalue weighted by Gasteiger charge is 1.94. The maximum absolute atomic E-state index is 5.46. The summed E-state index contributed by atoms with van der Waals surface area (Å²) < 4.78 is 10.8. The third-order valence-corrected chi connectivity index (χ3v) is 2.12. The first-order chi connectivity index (χ1) is 7.63. The number of unbranched alkanes of at least 4 members (excludes halogenated alkanes) is 1. The Morgan fingerprint density at radius 1 is 0.938 bits per heavy atom. The smallest absolute Gasteiger partial charge is 0.0703 e. The van der Waals surface area contributed by atoms with Crippen molar-refractivity contribution in [3.63, 3.8) is 0 Å². The van der Waals surface area contributed by atoms with Gasteiger partial charge in [-0.15, -0.1) is 0 Å². The molecule has 98 valence electrons. The average molecular weight is 231 g/mol. The van der Waals surface area contributed by atoms with E-state index >= 15 is 0 Å². The Bertz CT molecular complexity index is 122. The van der Waals surface area contributed by atoms with E-state index in [-0.39, 0.29) is 0 Å². The van der Waals surface area contributed by atoms with Crippen molar-refractivity contribution in [1.29, 1.82) is 0 Å². The third kappa shape index (κ3) is 13.9. The van der Waals surface area contributed by atoms with Crippen molar-refractivity contribution in [2.24, 2.45) is 5.92 Å². The number of ether oxygens (including phenoxy) is 2. The first-order valence-corrected chi connectivity index (χ1v) is 6.53. The monoisotopic (exact) mass is 231 g/mol. The number of nitrogens with one attached hydrogen (secondary N) is 1. The zero-order valence-corrected chi connectivity index (χ0v) is 11.4. The Balaban J connectivity index is 2.93. The summed E-state index contributed by atoms with van der Waals surface area (Å²) in [5.41, 5.74) is 0. The summed E-state index contributed by atoms with van der Waals surface area (Å²) in [6.07, 6.45) is 2.63. The fraction of sp³-hybridized carbons (Fsp3) is 1.00. The van der Waals surface area contributed by atoms with Crippen LogP contribution in [-0.4, -0.2) is 39.0 Å². The molecule has 0 rings (SSSR count). The van der Waals surface area contributed by atoms with E-state index in [1.165, 1.54) is 6.42 Å². The molecule has 0 bridgehead atoms. The van der Waals surface area contributed by atoms with Crippen LogP contribution in [-0.2, 0) is 9.47 Å². The molecular weight excluding hydrogens is 202 g/mol. The maximum Gasteiger partial charge on any atom is 0.0703 e. The molecule has 0 heterocycles. The molecule has 0 aliphatic rings. The molecule has 0 radical (unpaired) electrons. The van der Waals surface area contributed by atoms with Gasteiger partial charge in [-0.25, -0.2) is 0 Å². The van der Waals surface area contributed by atoms with Crippen molar-refractivity contribution in [2.45, 2.75) is 46.6 Å². The summed E-state index contributed by atoms with van der Waals surface area (Å²) in [5, 5.41) is 3.42. The first-order valence-electron chi connectivity index (χ1n) is 6.53. The van der Waals surface area contributed by atoms with Crippen LogP contribution in [0.1, 0.15) is 40.5 Å². The van der Waals surface area contributed by atoms with Gasteiger partial charge in [0.2, 0.25) is 0 Å². The zero-order chi connectivity index (χ0) is 12.2. The quantitative estimate of drug-likeness (QED) is 0.554. The van der Waals surface area contributed by atoms with E-state index in [0.29, 0.717) is 12.7 Å². The van der Waals surface area contributed by atoms with Crippen molar-refractivity contribution in [1.82, 2.24) is 5.32 Å². The highest BCUT2D eigenvalue weighted by molar-refractivity contribution is 4.51. The second kappa shape index (κ2) is 11.4. The summed E-state index contributed by atoms with van der Waals surface area (Å²) in [6.45, 7) is 13.0. The molecule has 0 amide bonds. The van der Waals surface area contributed by atoms with Crippen LogP contribution in [0.25, 0.3) is 0 Å². The fourth-order valence-corrected chi connectivity index (χ4v) is 1.29. The number of hydrogen-bond donors (Lipinski definition) is 1. The number of hydrogen-bond acceptors (Lipinski definition) is 3. The summed E-state index contributed by atoms with van der Waals surface area (Å²) >= 11 is 0. The summed E-state index contributed by atoms with van der Waals surface area (Å²) in [4.78, 5) is 0. The molecule has 0 saturated carbocycles. The van der Waals surface area contributed by atoms with Gasteiger partial charge < -0.3 is 14.8 Å². The lowest BCUT2D eigenvalue weighted by atomic mass is 10.2. The molecule has 0 fully saturated rings. The summed E-state index contributed by atoms with van der Waals surface area (Å²) in [6, 6.07) is 0. The summed E-state index contributed by atoms with van der Waals surface area (Å²) in [5.74, 6) is 0.740. The molecular formula is C13H29NO2. The van der Waals surface area contributed by atoms with Crippen molar-refractivity contribution in [2.75, 3.05) is 32.9 Å². The molecule has 0 aromatic heterocycles. The van der Waals surface area contributed by atoms with E-state index in [1.807, 2.05) is 13.8 Å².